The Morgan fingerprint density at radius 1 is 0.290 bits per heavy atom. The van der Waals surface area contributed by atoms with E-state index in [4.69, 9.17) is 37.0 Å². The zero-order valence-electron chi connectivity index (χ0n) is 63.9. The number of allylic oxidation sites excluding steroid dienone is 10. The van der Waals surface area contributed by atoms with Crippen LogP contribution < -0.4 is 0 Å². The van der Waals surface area contributed by atoms with Gasteiger partial charge in [0.05, 0.1) is 26.4 Å². The van der Waals surface area contributed by atoms with Gasteiger partial charge in [-0.1, -0.05) is 320 Å². The molecule has 0 spiro atoms. The normalized spacial score (nSPS) is 14.2. The van der Waals surface area contributed by atoms with Gasteiger partial charge in [-0.2, -0.15) is 0 Å². The average molecular weight is 1460 g/mol. The van der Waals surface area contributed by atoms with Crippen LogP contribution in [0.2, 0.25) is 0 Å². The van der Waals surface area contributed by atoms with E-state index in [1.807, 2.05) is 0 Å². The first-order valence-electron chi connectivity index (χ1n) is 40.5. The van der Waals surface area contributed by atoms with Crippen LogP contribution in [0, 0.1) is 0 Å². The van der Waals surface area contributed by atoms with Crippen molar-refractivity contribution in [1.29, 1.82) is 0 Å². The van der Waals surface area contributed by atoms with Gasteiger partial charge in [0.2, 0.25) is 0 Å². The lowest BCUT2D eigenvalue weighted by molar-refractivity contribution is -0.161. The molecule has 19 heteroatoms. The summed E-state index contributed by atoms with van der Waals surface area (Å²) in [5, 5.41) is 10.6. The average Bonchev–Trinajstić information content (AvgIpc) is 1.01. The molecular weight excluding hydrogens is 1310 g/mol. The van der Waals surface area contributed by atoms with Gasteiger partial charge in [0.25, 0.3) is 0 Å². The van der Waals surface area contributed by atoms with Crippen LogP contribution in [0.15, 0.2) is 60.8 Å². The van der Waals surface area contributed by atoms with Crippen molar-refractivity contribution in [3.05, 3.63) is 60.8 Å². The van der Waals surface area contributed by atoms with E-state index in [1.165, 1.54) is 167 Å². The van der Waals surface area contributed by atoms with Gasteiger partial charge in [0.1, 0.15) is 19.3 Å². The van der Waals surface area contributed by atoms with Crippen molar-refractivity contribution in [2.24, 2.45) is 0 Å². The van der Waals surface area contributed by atoms with Crippen LogP contribution in [0.5, 0.6) is 0 Å². The number of hydrogen-bond donors (Lipinski definition) is 3. The molecule has 17 nitrogen and oxygen atoms in total. The summed E-state index contributed by atoms with van der Waals surface area (Å²) in [4.78, 5) is 73.0. The van der Waals surface area contributed by atoms with Crippen molar-refractivity contribution in [2.75, 3.05) is 39.6 Å². The Balaban J connectivity index is 5.35. The van der Waals surface area contributed by atoms with Gasteiger partial charge < -0.3 is 33.8 Å². The first-order valence-corrected chi connectivity index (χ1v) is 43.5. The second kappa shape index (κ2) is 74.0. The smallest absolute Gasteiger partial charge is 0.462 e. The van der Waals surface area contributed by atoms with Crippen molar-refractivity contribution in [1.82, 2.24) is 0 Å². The lowest BCUT2D eigenvalue weighted by atomic mass is 10.0. The molecule has 100 heavy (non-hydrogen) atoms. The second-order valence-electron chi connectivity index (χ2n) is 27.3. The number of hydrogen-bond acceptors (Lipinski definition) is 15. The highest BCUT2D eigenvalue weighted by molar-refractivity contribution is 7.47. The fraction of sp³-hybridized carbons (Fsp3) is 0.827. The number of carbonyl (C=O) groups excluding carboxylic acids is 4. The van der Waals surface area contributed by atoms with Gasteiger partial charge in [0, 0.05) is 25.7 Å². The highest BCUT2D eigenvalue weighted by atomic mass is 31.2. The van der Waals surface area contributed by atoms with Crippen LogP contribution >= 0.6 is 15.6 Å². The topological polar surface area (TPSA) is 237 Å². The molecule has 0 fully saturated rings. The standard InChI is InChI=1S/C81H148O17P2/c1-5-9-13-17-21-25-29-33-37-41-45-49-53-57-61-65-78(83)91-71-76(97-80(85)67-63-59-55-51-47-43-39-35-31-27-23-19-15-11-7-3)73-95-99(87,88)93-69-75(82)70-94-100(89,90)96-74-77(98-81(86)68-64-60-56-52-48-44-40-36-32-28-24-20-16-12-8-4)72-92-79(84)66-62-58-54-50-46-42-38-34-30-26-22-18-14-10-6-2/h9,13,21,25,33-34,37-38,45,49,75-77,82H,5-8,10-12,14-20,22-24,26-32,35-36,39-44,46-48,50-74H2,1-4H3,(H,87,88)(H,89,90)/b13-9-,25-21-,37-33-,38-34-,49-45-. The molecule has 0 aromatic rings. The molecule has 0 radical (unpaired) electrons. The van der Waals surface area contributed by atoms with E-state index in [-0.39, 0.29) is 25.7 Å². The molecule has 5 atom stereocenters. The third kappa shape index (κ3) is 73.1. The third-order valence-corrected chi connectivity index (χ3v) is 19.4. The summed E-state index contributed by atoms with van der Waals surface area (Å²) in [6.45, 7) is 4.79. The number of phosphoric acid groups is 2. The molecular formula is C81H148O17P2. The minimum Gasteiger partial charge on any atom is -0.462 e. The molecule has 584 valence electrons. The summed E-state index contributed by atoms with van der Waals surface area (Å²) in [5.74, 6) is -2.19. The molecule has 0 bridgehead atoms. The van der Waals surface area contributed by atoms with Crippen molar-refractivity contribution in [2.45, 2.75) is 393 Å². The summed E-state index contributed by atoms with van der Waals surface area (Å²) in [5.41, 5.74) is 0. The van der Waals surface area contributed by atoms with E-state index in [2.05, 4.69) is 88.5 Å². The molecule has 0 heterocycles. The monoisotopic (exact) mass is 1460 g/mol. The van der Waals surface area contributed by atoms with Crippen LogP contribution in [0.1, 0.15) is 374 Å². The van der Waals surface area contributed by atoms with E-state index in [9.17, 15) is 43.2 Å². The summed E-state index contributed by atoms with van der Waals surface area (Å²) in [6, 6.07) is 0. The molecule has 0 aromatic heterocycles. The third-order valence-electron chi connectivity index (χ3n) is 17.5. The minimum atomic E-state index is -4.98. The predicted octanol–water partition coefficient (Wildman–Crippen LogP) is 23.5. The minimum absolute atomic E-state index is 0.0923. The quantitative estimate of drug-likeness (QED) is 0.0169. The molecule has 0 saturated heterocycles. The van der Waals surface area contributed by atoms with Gasteiger partial charge in [0.15, 0.2) is 12.2 Å². The van der Waals surface area contributed by atoms with Gasteiger partial charge in [-0.25, -0.2) is 9.13 Å². The Hall–Kier alpha value is -3.24. The van der Waals surface area contributed by atoms with Crippen LogP contribution in [0.25, 0.3) is 0 Å². The Labute approximate surface area is 610 Å². The Morgan fingerprint density at radius 2 is 0.520 bits per heavy atom. The number of esters is 4. The van der Waals surface area contributed by atoms with E-state index >= 15 is 0 Å². The highest BCUT2D eigenvalue weighted by Gasteiger charge is 2.30. The van der Waals surface area contributed by atoms with Gasteiger partial charge in [-0.3, -0.25) is 37.3 Å². The van der Waals surface area contributed by atoms with E-state index in [0.29, 0.717) is 25.7 Å². The molecule has 0 saturated carbocycles. The van der Waals surface area contributed by atoms with Crippen molar-refractivity contribution < 1.29 is 80.2 Å². The molecule has 0 aromatic carbocycles. The van der Waals surface area contributed by atoms with Crippen LogP contribution in [-0.2, 0) is 65.4 Å². The maximum atomic E-state index is 13.1. The Bertz CT molecular complexity index is 2130. The molecule has 0 aliphatic heterocycles. The van der Waals surface area contributed by atoms with E-state index < -0.39 is 97.5 Å². The van der Waals surface area contributed by atoms with E-state index in [1.54, 1.807) is 0 Å². The fourth-order valence-electron chi connectivity index (χ4n) is 11.3. The highest BCUT2D eigenvalue weighted by Crippen LogP contribution is 2.45. The van der Waals surface area contributed by atoms with Crippen molar-refractivity contribution in [3.8, 4) is 0 Å². The molecule has 0 amide bonds. The number of carbonyl (C=O) groups is 4. The number of rotatable bonds is 77. The Kier molecular flexibility index (Phi) is 71.6. The molecule has 3 N–H and O–H groups in total. The molecule has 0 aliphatic carbocycles. The maximum Gasteiger partial charge on any atom is 0.472 e. The Morgan fingerprint density at radius 3 is 0.830 bits per heavy atom. The van der Waals surface area contributed by atoms with Gasteiger partial charge in [-0.05, 0) is 89.9 Å². The SMILES string of the molecule is CC/C=C\C/C=C\C/C=C\C/C=C\CCCCC(=O)OCC(COP(=O)(O)OCC(O)COP(=O)(O)OCC(COC(=O)CCCCCCC/C=C\CCCCCCCC)OC(=O)CCCCCCCCCCCCCCCCC)OC(=O)CCCCCCCCCCCCCCCCC. The van der Waals surface area contributed by atoms with Crippen LogP contribution in [0.3, 0.4) is 0 Å². The summed E-state index contributed by atoms with van der Waals surface area (Å²) in [7, 11) is -9.95. The lowest BCUT2D eigenvalue weighted by Gasteiger charge is -2.21. The van der Waals surface area contributed by atoms with Crippen molar-refractivity contribution in [3.63, 3.8) is 0 Å². The number of aliphatic hydroxyl groups is 1. The summed E-state index contributed by atoms with van der Waals surface area (Å²) >= 11 is 0. The van der Waals surface area contributed by atoms with Gasteiger partial charge >= 0.3 is 39.5 Å². The number of unbranched alkanes of at least 4 members (excludes halogenated alkanes) is 41. The van der Waals surface area contributed by atoms with E-state index in [0.717, 1.165) is 128 Å². The zero-order chi connectivity index (χ0) is 73.2. The summed E-state index contributed by atoms with van der Waals surface area (Å²) in [6.07, 6.45) is 73.4. The number of ether oxygens (including phenoxy) is 4. The lowest BCUT2D eigenvalue weighted by Crippen LogP contribution is -2.30. The maximum absolute atomic E-state index is 13.1. The van der Waals surface area contributed by atoms with Crippen LogP contribution in [-0.4, -0.2) is 96.7 Å². The molecule has 5 unspecified atom stereocenters. The number of phosphoric ester groups is 2. The van der Waals surface area contributed by atoms with Gasteiger partial charge in [-0.15, -0.1) is 0 Å². The zero-order valence-corrected chi connectivity index (χ0v) is 65.7. The second-order valence-corrected chi connectivity index (χ2v) is 30.3. The first kappa shape index (κ1) is 96.8. The van der Waals surface area contributed by atoms with Crippen LogP contribution in [0.4, 0.5) is 0 Å². The predicted molar refractivity (Wildman–Crippen MR) is 409 cm³/mol. The largest absolute Gasteiger partial charge is 0.472 e. The first-order chi connectivity index (χ1) is 48.7. The molecule has 0 aliphatic rings. The number of aliphatic hydroxyl groups excluding tert-OH is 1. The fourth-order valence-corrected chi connectivity index (χ4v) is 12.9. The summed E-state index contributed by atoms with van der Waals surface area (Å²) < 4.78 is 68.6. The molecule has 0 rings (SSSR count). The van der Waals surface area contributed by atoms with Crippen molar-refractivity contribution >= 4 is 39.5 Å².